The normalized spacial score (nSPS) is 17.6. The van der Waals surface area contributed by atoms with Crippen LogP contribution in [0.3, 0.4) is 0 Å². The molecule has 1 aliphatic rings. The van der Waals surface area contributed by atoms with Crippen molar-refractivity contribution in [1.82, 2.24) is 0 Å². The fourth-order valence-corrected chi connectivity index (χ4v) is 0.833. The van der Waals surface area contributed by atoms with Gasteiger partial charge in [0.1, 0.15) is 0 Å². The molecular formula is C10H12. The van der Waals surface area contributed by atoms with Crippen LogP contribution in [0.5, 0.6) is 0 Å². The molecule has 0 nitrogen and oxygen atoms in total. The minimum atomic E-state index is 1.09. The van der Waals surface area contributed by atoms with Crippen molar-refractivity contribution < 1.29 is 0 Å². The Labute approximate surface area is 62.3 Å². The molecule has 0 aromatic rings. The van der Waals surface area contributed by atoms with E-state index in [0.29, 0.717) is 0 Å². The summed E-state index contributed by atoms with van der Waals surface area (Å²) in [5, 5.41) is 0. The van der Waals surface area contributed by atoms with Crippen molar-refractivity contribution >= 4 is 0 Å². The second-order valence-electron chi connectivity index (χ2n) is 2.30. The number of rotatable bonds is 0. The molecule has 0 aliphatic heterocycles. The van der Waals surface area contributed by atoms with E-state index in [1.807, 2.05) is 0 Å². The van der Waals surface area contributed by atoms with Crippen LogP contribution in [0.1, 0.15) is 25.7 Å². The lowest BCUT2D eigenvalue weighted by molar-refractivity contribution is 1.02. The van der Waals surface area contributed by atoms with Gasteiger partial charge in [-0.25, -0.2) is 0 Å². The highest BCUT2D eigenvalue weighted by atomic mass is 13.8. The summed E-state index contributed by atoms with van der Waals surface area (Å²) < 4.78 is 0. The molecule has 1 aliphatic carbocycles. The van der Waals surface area contributed by atoms with Crippen LogP contribution in [0.15, 0.2) is 35.8 Å². The van der Waals surface area contributed by atoms with Gasteiger partial charge >= 0.3 is 0 Å². The monoisotopic (exact) mass is 132 g/mol. The molecule has 1 rings (SSSR count). The standard InChI is InChI=1S/C10H12/c1-2-4-6-8-10-9-7-5-3-1/h1,5-6,10H,2,4,7,9H2. The van der Waals surface area contributed by atoms with Crippen molar-refractivity contribution in [2.75, 3.05) is 0 Å². The number of allylic oxidation sites excluding steroid dienone is 2. The predicted molar refractivity (Wildman–Crippen MR) is 43.8 cm³/mol. The highest BCUT2D eigenvalue weighted by molar-refractivity contribution is 4.93. The van der Waals surface area contributed by atoms with E-state index < -0.39 is 0 Å². The zero-order valence-electron chi connectivity index (χ0n) is 6.14. The molecule has 10 heavy (non-hydrogen) atoms. The molecule has 0 heteroatoms. The molecule has 0 aromatic heterocycles. The first kappa shape index (κ1) is 7.15. The van der Waals surface area contributed by atoms with Gasteiger partial charge in [-0.15, -0.1) is 11.5 Å². The van der Waals surface area contributed by atoms with Crippen LogP contribution >= 0.6 is 0 Å². The molecule has 0 saturated carbocycles. The summed E-state index contributed by atoms with van der Waals surface area (Å²) in [6.45, 7) is 0. The predicted octanol–water partition coefficient (Wildman–Crippen LogP) is 2.98. The summed E-state index contributed by atoms with van der Waals surface area (Å²) in [4.78, 5) is 0. The molecule has 0 bridgehead atoms. The highest BCUT2D eigenvalue weighted by Crippen LogP contribution is 1.96. The van der Waals surface area contributed by atoms with E-state index >= 15 is 0 Å². The third kappa shape index (κ3) is 3.14. The summed E-state index contributed by atoms with van der Waals surface area (Å²) in [7, 11) is 0. The van der Waals surface area contributed by atoms with E-state index in [4.69, 9.17) is 0 Å². The number of hydrogen-bond acceptors (Lipinski definition) is 0. The van der Waals surface area contributed by atoms with Crippen molar-refractivity contribution in [1.29, 1.82) is 0 Å². The lowest BCUT2D eigenvalue weighted by Crippen LogP contribution is -1.65. The van der Waals surface area contributed by atoms with Crippen molar-refractivity contribution in [3.8, 4) is 0 Å². The van der Waals surface area contributed by atoms with E-state index in [1.54, 1.807) is 0 Å². The van der Waals surface area contributed by atoms with Crippen LogP contribution in [0.25, 0.3) is 0 Å². The minimum Gasteiger partial charge on any atom is -0.130 e. The summed E-state index contributed by atoms with van der Waals surface area (Å²) in [5.74, 6) is 0. The molecule has 0 N–H and O–H groups in total. The van der Waals surface area contributed by atoms with Crippen molar-refractivity contribution in [2.45, 2.75) is 25.7 Å². The summed E-state index contributed by atoms with van der Waals surface area (Å²) in [5.41, 5.74) is 6.27. The molecule has 0 spiro atoms. The van der Waals surface area contributed by atoms with E-state index in [-0.39, 0.29) is 0 Å². The maximum Gasteiger partial charge on any atom is -0.0234 e. The largest absolute Gasteiger partial charge is 0.130 e. The first-order valence-corrected chi connectivity index (χ1v) is 3.79. The van der Waals surface area contributed by atoms with Gasteiger partial charge < -0.3 is 0 Å². The van der Waals surface area contributed by atoms with Gasteiger partial charge in [0, 0.05) is 0 Å². The Kier molecular flexibility index (Phi) is 3.49. The Balaban J connectivity index is 2.50. The van der Waals surface area contributed by atoms with Gasteiger partial charge in [0.25, 0.3) is 0 Å². The average Bonchev–Trinajstić information content (AvgIpc) is 2.01. The highest BCUT2D eigenvalue weighted by Gasteiger charge is 1.77. The molecule has 0 fully saturated rings. The first-order chi connectivity index (χ1) is 5.00. The van der Waals surface area contributed by atoms with Gasteiger partial charge in [-0.2, -0.15) is 0 Å². The van der Waals surface area contributed by atoms with Crippen LogP contribution in [-0.4, -0.2) is 0 Å². The van der Waals surface area contributed by atoms with Gasteiger partial charge in [0.05, 0.1) is 0 Å². The van der Waals surface area contributed by atoms with Crippen molar-refractivity contribution in [3.63, 3.8) is 0 Å². The second-order valence-corrected chi connectivity index (χ2v) is 2.30. The molecule has 0 radical (unpaired) electrons. The molecule has 0 aromatic carbocycles. The van der Waals surface area contributed by atoms with E-state index in [2.05, 4.69) is 35.8 Å². The maximum absolute atomic E-state index is 3.14. The Hall–Kier alpha value is -0.960. The SMILES string of the molecule is C1=CCCC=C=CCCC=1. The Morgan fingerprint density at radius 1 is 0.600 bits per heavy atom. The van der Waals surface area contributed by atoms with Crippen LogP contribution in [0.2, 0.25) is 0 Å². The van der Waals surface area contributed by atoms with Crippen LogP contribution in [0.4, 0.5) is 0 Å². The number of hydrogen-bond donors (Lipinski definition) is 0. The van der Waals surface area contributed by atoms with E-state index in [9.17, 15) is 0 Å². The van der Waals surface area contributed by atoms with E-state index in [1.165, 1.54) is 0 Å². The van der Waals surface area contributed by atoms with Crippen LogP contribution in [-0.2, 0) is 0 Å². The summed E-state index contributed by atoms with van der Waals surface area (Å²) in [6, 6.07) is 0. The third-order valence-corrected chi connectivity index (χ3v) is 1.38. The van der Waals surface area contributed by atoms with E-state index in [0.717, 1.165) is 25.7 Å². The van der Waals surface area contributed by atoms with Crippen molar-refractivity contribution in [2.24, 2.45) is 0 Å². The van der Waals surface area contributed by atoms with Crippen molar-refractivity contribution in [3.05, 3.63) is 35.8 Å². The molecule has 0 amide bonds. The zero-order chi connectivity index (χ0) is 7.07. The fraction of sp³-hybridized carbons (Fsp3) is 0.400. The molecular weight excluding hydrogens is 120 g/mol. The molecule has 0 atom stereocenters. The van der Waals surface area contributed by atoms with Gasteiger partial charge in [0.15, 0.2) is 0 Å². The molecule has 0 heterocycles. The summed E-state index contributed by atoms with van der Waals surface area (Å²) >= 11 is 0. The first-order valence-electron chi connectivity index (χ1n) is 3.79. The Bertz CT molecular complexity index is 156. The van der Waals surface area contributed by atoms with Crippen LogP contribution < -0.4 is 0 Å². The molecule has 0 saturated heterocycles. The fourth-order valence-electron chi connectivity index (χ4n) is 0.833. The average molecular weight is 132 g/mol. The molecule has 0 unspecified atom stereocenters. The second kappa shape index (κ2) is 4.88. The lowest BCUT2D eigenvalue weighted by Gasteiger charge is -1.84. The van der Waals surface area contributed by atoms with Gasteiger partial charge in [-0.3, -0.25) is 0 Å². The quantitative estimate of drug-likeness (QED) is 0.444. The Morgan fingerprint density at radius 2 is 0.900 bits per heavy atom. The smallest absolute Gasteiger partial charge is 0.0234 e. The minimum absolute atomic E-state index is 1.09. The maximum atomic E-state index is 3.14. The topological polar surface area (TPSA) is 0 Å². The molecule has 52 valence electrons. The summed E-state index contributed by atoms with van der Waals surface area (Å²) in [6.07, 6.45) is 12.7. The Morgan fingerprint density at radius 3 is 1.20 bits per heavy atom. The third-order valence-electron chi connectivity index (χ3n) is 1.38. The van der Waals surface area contributed by atoms with Gasteiger partial charge in [-0.05, 0) is 50.0 Å². The lowest BCUT2D eigenvalue weighted by atomic mass is 10.2. The zero-order valence-corrected chi connectivity index (χ0v) is 6.14. The van der Waals surface area contributed by atoms with Gasteiger partial charge in [0.2, 0.25) is 0 Å². The van der Waals surface area contributed by atoms with Crippen LogP contribution in [0, 0.1) is 0 Å². The van der Waals surface area contributed by atoms with Gasteiger partial charge in [-0.1, -0.05) is 0 Å².